The zero-order valence-electron chi connectivity index (χ0n) is 13.4. The number of carbonyl (C=O) groups is 1. The van der Waals surface area contributed by atoms with Crippen LogP contribution in [0, 0.1) is 0 Å². The van der Waals surface area contributed by atoms with E-state index < -0.39 is 5.91 Å². The lowest BCUT2D eigenvalue weighted by Gasteiger charge is -2.18. The smallest absolute Gasteiger partial charge is 0.267 e. The van der Waals surface area contributed by atoms with E-state index in [-0.39, 0.29) is 0 Å². The van der Waals surface area contributed by atoms with Crippen molar-refractivity contribution in [3.63, 3.8) is 0 Å². The molecule has 1 aromatic heterocycles. The van der Waals surface area contributed by atoms with Crippen LogP contribution < -0.4 is 10.6 Å². The highest BCUT2D eigenvalue weighted by atomic mass is 16.1. The van der Waals surface area contributed by atoms with Gasteiger partial charge < -0.3 is 10.6 Å². The van der Waals surface area contributed by atoms with E-state index in [2.05, 4.69) is 34.1 Å². The van der Waals surface area contributed by atoms with Crippen molar-refractivity contribution in [2.24, 2.45) is 5.73 Å². The average Bonchev–Trinajstić information content (AvgIpc) is 3.15. The lowest BCUT2D eigenvalue weighted by atomic mass is 10.0. The maximum Gasteiger partial charge on any atom is 0.267 e. The normalized spacial score (nSPS) is 14.2. The molecule has 1 aliphatic rings. The molecule has 3 aromatic rings. The summed E-state index contributed by atoms with van der Waals surface area (Å²) in [6.45, 7) is 2.27. The van der Waals surface area contributed by atoms with Crippen molar-refractivity contribution >= 4 is 22.5 Å². The number of nitrogens with zero attached hydrogens (tertiary/aromatic N) is 2. The van der Waals surface area contributed by atoms with Gasteiger partial charge in [0.25, 0.3) is 5.91 Å². The predicted octanol–water partition coefficient (Wildman–Crippen LogP) is 3.60. The van der Waals surface area contributed by atoms with Crippen LogP contribution in [-0.2, 0) is 0 Å². The van der Waals surface area contributed by atoms with Crippen molar-refractivity contribution in [1.82, 2.24) is 4.98 Å². The number of hydrogen-bond acceptors (Lipinski definition) is 3. The second-order valence-electron chi connectivity index (χ2n) is 6.18. The highest BCUT2D eigenvalue weighted by molar-refractivity contribution is 5.98. The summed E-state index contributed by atoms with van der Waals surface area (Å²) in [5.74, 6) is -0.504. The maximum atomic E-state index is 11.4. The van der Waals surface area contributed by atoms with Gasteiger partial charge in [-0.15, -0.1) is 0 Å². The summed E-state index contributed by atoms with van der Waals surface area (Å²) < 4.78 is 0. The number of carbonyl (C=O) groups excluding carboxylic acids is 1. The number of hydrogen-bond donors (Lipinski definition) is 1. The molecule has 0 saturated carbocycles. The second kappa shape index (κ2) is 5.96. The van der Waals surface area contributed by atoms with Crippen molar-refractivity contribution in [3.8, 4) is 11.1 Å². The van der Waals surface area contributed by atoms with E-state index in [1.54, 1.807) is 6.07 Å². The van der Waals surface area contributed by atoms with Gasteiger partial charge in [0.15, 0.2) is 0 Å². The first-order valence-electron chi connectivity index (χ1n) is 8.27. The largest absolute Gasteiger partial charge is 0.372 e. The van der Waals surface area contributed by atoms with E-state index in [1.807, 2.05) is 24.3 Å². The number of primary amides is 1. The molecule has 4 rings (SSSR count). The van der Waals surface area contributed by atoms with Gasteiger partial charge in [0, 0.05) is 29.7 Å². The first kappa shape index (κ1) is 14.7. The number of pyridine rings is 1. The van der Waals surface area contributed by atoms with Crippen LogP contribution in [0.5, 0.6) is 0 Å². The van der Waals surface area contributed by atoms with Gasteiger partial charge in [-0.2, -0.15) is 0 Å². The van der Waals surface area contributed by atoms with Crippen LogP contribution in [0.15, 0.2) is 54.6 Å². The molecule has 0 bridgehead atoms. The van der Waals surface area contributed by atoms with E-state index in [0.29, 0.717) is 5.69 Å². The summed E-state index contributed by atoms with van der Waals surface area (Å²) in [4.78, 5) is 18.3. The molecular weight excluding hydrogens is 298 g/mol. The number of amides is 1. The first-order valence-corrected chi connectivity index (χ1v) is 8.27. The molecule has 1 saturated heterocycles. The Bertz CT molecular complexity index is 896. The van der Waals surface area contributed by atoms with E-state index in [4.69, 9.17) is 5.73 Å². The summed E-state index contributed by atoms with van der Waals surface area (Å²) in [5, 5.41) is 1.00. The Morgan fingerprint density at radius 1 is 0.958 bits per heavy atom. The summed E-state index contributed by atoms with van der Waals surface area (Å²) in [6.07, 6.45) is 2.54. The fraction of sp³-hybridized carbons (Fsp3) is 0.200. The van der Waals surface area contributed by atoms with Gasteiger partial charge in [0.1, 0.15) is 5.69 Å². The number of aromatic nitrogens is 1. The molecule has 0 unspecified atom stereocenters. The average molecular weight is 317 g/mol. The molecule has 0 aliphatic carbocycles. The van der Waals surface area contributed by atoms with Crippen molar-refractivity contribution in [2.75, 3.05) is 18.0 Å². The maximum absolute atomic E-state index is 11.4. The minimum absolute atomic E-state index is 0.295. The Balaban J connectivity index is 1.77. The molecule has 2 N–H and O–H groups in total. The molecule has 2 aromatic carbocycles. The van der Waals surface area contributed by atoms with E-state index in [9.17, 15) is 4.79 Å². The molecule has 4 heteroatoms. The van der Waals surface area contributed by atoms with Crippen molar-refractivity contribution in [2.45, 2.75) is 12.8 Å². The zero-order valence-corrected chi connectivity index (χ0v) is 13.4. The monoisotopic (exact) mass is 317 g/mol. The van der Waals surface area contributed by atoms with Gasteiger partial charge in [0.2, 0.25) is 0 Å². The molecule has 2 heterocycles. The van der Waals surface area contributed by atoms with Crippen LogP contribution in [-0.4, -0.2) is 24.0 Å². The molecular formula is C20H19N3O. The third-order valence-corrected chi connectivity index (χ3v) is 4.62. The van der Waals surface area contributed by atoms with Gasteiger partial charge in [0.05, 0.1) is 5.52 Å². The van der Waals surface area contributed by atoms with Crippen LogP contribution in [0.2, 0.25) is 0 Å². The number of fused-ring (bicyclic) bond motifs is 1. The third kappa shape index (κ3) is 2.60. The highest BCUT2D eigenvalue weighted by Gasteiger charge is 2.13. The number of nitrogens with two attached hydrogens (primary N) is 1. The molecule has 120 valence electrons. The first-order chi connectivity index (χ1) is 11.7. The van der Waals surface area contributed by atoms with Gasteiger partial charge >= 0.3 is 0 Å². The van der Waals surface area contributed by atoms with Crippen molar-refractivity contribution in [1.29, 1.82) is 0 Å². The van der Waals surface area contributed by atoms with Gasteiger partial charge in [-0.25, -0.2) is 4.98 Å². The number of benzene rings is 2. The Morgan fingerprint density at radius 2 is 1.71 bits per heavy atom. The van der Waals surface area contributed by atoms with Crippen molar-refractivity contribution < 1.29 is 4.79 Å². The molecule has 0 radical (unpaired) electrons. The Labute approximate surface area is 140 Å². The Kier molecular flexibility index (Phi) is 3.65. The summed E-state index contributed by atoms with van der Waals surface area (Å²) in [6, 6.07) is 18.2. The third-order valence-electron chi connectivity index (χ3n) is 4.62. The fourth-order valence-corrected chi connectivity index (χ4v) is 3.34. The van der Waals surface area contributed by atoms with Gasteiger partial charge in [-0.05, 0) is 36.6 Å². The number of rotatable bonds is 3. The second-order valence-corrected chi connectivity index (χ2v) is 6.18. The standard InChI is InChI=1S/C20H19N3O/c21-20(24)18-11-8-15-4-3-5-17(19(15)22-18)14-6-9-16(10-7-14)23-12-1-2-13-23/h3-11H,1-2,12-13H2,(H2,21,24). The predicted molar refractivity (Wildman–Crippen MR) is 97.1 cm³/mol. The zero-order chi connectivity index (χ0) is 16.5. The minimum atomic E-state index is -0.504. The van der Waals surface area contributed by atoms with Gasteiger partial charge in [-0.1, -0.05) is 36.4 Å². The molecule has 1 aliphatic heterocycles. The molecule has 4 nitrogen and oxygen atoms in total. The summed E-state index contributed by atoms with van der Waals surface area (Å²) in [7, 11) is 0. The topological polar surface area (TPSA) is 59.2 Å². The highest BCUT2D eigenvalue weighted by Crippen LogP contribution is 2.30. The Hall–Kier alpha value is -2.88. The Morgan fingerprint density at radius 3 is 2.42 bits per heavy atom. The summed E-state index contributed by atoms with van der Waals surface area (Å²) >= 11 is 0. The minimum Gasteiger partial charge on any atom is -0.372 e. The number of para-hydroxylation sites is 1. The molecule has 24 heavy (non-hydrogen) atoms. The van der Waals surface area contributed by atoms with Crippen LogP contribution in [0.1, 0.15) is 23.3 Å². The lowest BCUT2D eigenvalue weighted by molar-refractivity contribution is 0.0996. The van der Waals surface area contributed by atoms with E-state index in [0.717, 1.165) is 35.1 Å². The SMILES string of the molecule is NC(=O)c1ccc2cccc(-c3ccc(N4CCCC4)cc3)c2n1. The van der Waals surface area contributed by atoms with E-state index in [1.165, 1.54) is 18.5 Å². The molecule has 1 amide bonds. The van der Waals surface area contributed by atoms with E-state index >= 15 is 0 Å². The molecule has 0 spiro atoms. The van der Waals surface area contributed by atoms with Crippen LogP contribution >= 0.6 is 0 Å². The fourth-order valence-electron chi connectivity index (χ4n) is 3.34. The lowest BCUT2D eigenvalue weighted by Crippen LogP contribution is -2.17. The van der Waals surface area contributed by atoms with Crippen LogP contribution in [0.3, 0.4) is 0 Å². The molecule has 0 atom stereocenters. The van der Waals surface area contributed by atoms with Crippen LogP contribution in [0.25, 0.3) is 22.0 Å². The quantitative estimate of drug-likeness (QED) is 0.803. The van der Waals surface area contributed by atoms with Crippen LogP contribution in [0.4, 0.5) is 5.69 Å². The van der Waals surface area contributed by atoms with Gasteiger partial charge in [-0.3, -0.25) is 4.79 Å². The van der Waals surface area contributed by atoms with Crippen molar-refractivity contribution in [3.05, 3.63) is 60.3 Å². The molecule has 1 fully saturated rings. The summed E-state index contributed by atoms with van der Waals surface area (Å²) in [5.41, 5.74) is 9.86. The number of anilines is 1.